The zero-order valence-corrected chi connectivity index (χ0v) is 21.9. The van der Waals surface area contributed by atoms with E-state index in [0.29, 0.717) is 35.5 Å². The van der Waals surface area contributed by atoms with Crippen LogP contribution in [0.15, 0.2) is 24.3 Å². The number of aryl methyl sites for hydroxylation is 1. The van der Waals surface area contributed by atoms with Crippen molar-refractivity contribution in [2.24, 2.45) is 5.73 Å². The number of rotatable bonds is 6. The van der Waals surface area contributed by atoms with E-state index in [0.717, 1.165) is 12.1 Å². The quantitative estimate of drug-likeness (QED) is 0.538. The summed E-state index contributed by atoms with van der Waals surface area (Å²) in [5.41, 5.74) is 4.97. The highest BCUT2D eigenvalue weighted by atomic mass is 19.4. The van der Waals surface area contributed by atoms with E-state index in [4.69, 9.17) is 19.9 Å². The van der Waals surface area contributed by atoms with Crippen LogP contribution in [0.4, 0.5) is 28.6 Å². The van der Waals surface area contributed by atoms with Gasteiger partial charge in [-0.3, -0.25) is 4.90 Å². The molecule has 1 aromatic carbocycles. The van der Waals surface area contributed by atoms with Crippen LogP contribution < -0.4 is 15.8 Å². The van der Waals surface area contributed by atoms with Crippen LogP contribution in [0.1, 0.15) is 44.7 Å². The molecule has 0 radical (unpaired) electrons. The van der Waals surface area contributed by atoms with Gasteiger partial charge >= 0.3 is 18.4 Å². The van der Waals surface area contributed by atoms with Crippen LogP contribution in [-0.2, 0) is 15.7 Å². The monoisotopic (exact) mass is 539 g/mol. The zero-order chi connectivity index (χ0) is 28.3. The van der Waals surface area contributed by atoms with Crippen LogP contribution in [-0.4, -0.2) is 65.2 Å². The minimum Gasteiger partial charge on any atom is -0.496 e. The average Bonchev–Trinajstić information content (AvgIpc) is 2.81. The standard InChI is InChI=1S/C25H32F3N5O5/c1-14-10-20(31-32-21(14)18-9-6-15(25(26,27)28)11-19(18)36-5)30-16-7-8-17(13-37-22(29)34)33(12-16)23(35)38-24(2,3)4/h6,9-11,16-17H,7-8,12-13H2,1-5H3,(H2,29,34)(H,30,31)/t16-,17+/m1/s1. The SMILES string of the molecule is COc1cc(C(F)(F)F)ccc1-c1nnc(N[C@@H]2CC[C@@H](COC(N)=O)N(C(=O)OC(C)(C)C)C2)cc1C. The Morgan fingerprint density at radius 3 is 2.45 bits per heavy atom. The number of aromatic nitrogens is 2. The maximum atomic E-state index is 13.1. The Balaban J connectivity index is 1.78. The maximum Gasteiger partial charge on any atom is 0.416 e. The van der Waals surface area contributed by atoms with Gasteiger partial charge in [0.1, 0.15) is 23.8 Å². The second-order valence-electron chi connectivity index (χ2n) is 10.0. The molecule has 13 heteroatoms. The summed E-state index contributed by atoms with van der Waals surface area (Å²) in [7, 11) is 1.29. The van der Waals surface area contributed by atoms with Crippen molar-refractivity contribution in [3.05, 3.63) is 35.4 Å². The molecule has 3 rings (SSSR count). The van der Waals surface area contributed by atoms with E-state index in [9.17, 15) is 22.8 Å². The number of alkyl halides is 3. The molecule has 208 valence electrons. The third-order valence-corrected chi connectivity index (χ3v) is 5.87. The first kappa shape index (κ1) is 28.8. The maximum absolute atomic E-state index is 13.1. The number of piperidine rings is 1. The molecule has 1 aliphatic heterocycles. The Kier molecular flexibility index (Phi) is 8.58. The Labute approximate surface area is 218 Å². The molecule has 0 bridgehead atoms. The van der Waals surface area contributed by atoms with Gasteiger partial charge in [-0.2, -0.15) is 13.2 Å². The first-order valence-corrected chi connectivity index (χ1v) is 12.0. The number of anilines is 1. The summed E-state index contributed by atoms with van der Waals surface area (Å²) < 4.78 is 55.0. The van der Waals surface area contributed by atoms with E-state index in [1.54, 1.807) is 33.8 Å². The average molecular weight is 540 g/mol. The number of carbonyl (C=O) groups excluding carboxylic acids is 2. The highest BCUT2D eigenvalue weighted by Crippen LogP contribution is 2.37. The molecule has 0 aliphatic carbocycles. The van der Waals surface area contributed by atoms with E-state index < -0.39 is 35.6 Å². The van der Waals surface area contributed by atoms with Crippen LogP contribution >= 0.6 is 0 Å². The summed E-state index contributed by atoms with van der Waals surface area (Å²) in [4.78, 5) is 25.5. The van der Waals surface area contributed by atoms with Crippen LogP contribution in [0.2, 0.25) is 0 Å². The molecule has 2 aromatic rings. The van der Waals surface area contributed by atoms with Gasteiger partial charge in [-0.05, 0) is 70.4 Å². The van der Waals surface area contributed by atoms with Crippen molar-refractivity contribution in [1.29, 1.82) is 0 Å². The largest absolute Gasteiger partial charge is 0.496 e. The fourth-order valence-corrected chi connectivity index (χ4v) is 4.13. The number of nitrogens with one attached hydrogen (secondary N) is 1. The van der Waals surface area contributed by atoms with Crippen LogP contribution in [0, 0.1) is 6.92 Å². The summed E-state index contributed by atoms with van der Waals surface area (Å²) in [5, 5.41) is 11.7. The van der Waals surface area contributed by atoms with Gasteiger partial charge in [-0.15, -0.1) is 10.2 Å². The molecule has 3 N–H and O–H groups in total. The van der Waals surface area contributed by atoms with Crippen LogP contribution in [0.3, 0.4) is 0 Å². The Morgan fingerprint density at radius 2 is 1.87 bits per heavy atom. The molecule has 1 saturated heterocycles. The molecule has 2 atom stereocenters. The number of methoxy groups -OCH3 is 1. The second kappa shape index (κ2) is 11.3. The normalized spacial score (nSPS) is 18.1. The number of nitrogens with two attached hydrogens (primary N) is 1. The van der Waals surface area contributed by atoms with Crippen molar-refractivity contribution < 1.29 is 37.0 Å². The molecule has 1 aromatic heterocycles. The lowest BCUT2D eigenvalue weighted by molar-refractivity contribution is -0.137. The number of nitrogens with zero attached hydrogens (tertiary/aromatic N) is 3. The first-order chi connectivity index (χ1) is 17.7. The summed E-state index contributed by atoms with van der Waals surface area (Å²) in [5.74, 6) is 0.459. The molecule has 0 spiro atoms. The van der Waals surface area contributed by atoms with Gasteiger partial charge in [-0.1, -0.05) is 0 Å². The van der Waals surface area contributed by atoms with E-state index in [-0.39, 0.29) is 24.9 Å². The molecule has 1 fully saturated rings. The number of hydrogen-bond acceptors (Lipinski definition) is 8. The molecule has 10 nitrogen and oxygen atoms in total. The van der Waals surface area contributed by atoms with Gasteiger partial charge < -0.3 is 25.3 Å². The minimum absolute atomic E-state index is 0.0300. The van der Waals surface area contributed by atoms with Crippen molar-refractivity contribution >= 4 is 18.0 Å². The van der Waals surface area contributed by atoms with E-state index >= 15 is 0 Å². The fraction of sp³-hybridized carbons (Fsp3) is 0.520. The second-order valence-corrected chi connectivity index (χ2v) is 10.0. The highest BCUT2D eigenvalue weighted by molar-refractivity contribution is 5.71. The topological polar surface area (TPSA) is 129 Å². The Bertz CT molecular complexity index is 1170. The predicted molar refractivity (Wildman–Crippen MR) is 133 cm³/mol. The minimum atomic E-state index is -4.50. The van der Waals surface area contributed by atoms with Crippen molar-refractivity contribution in [2.45, 2.75) is 64.4 Å². The Hall–Kier alpha value is -3.77. The van der Waals surface area contributed by atoms with Gasteiger partial charge in [0.25, 0.3) is 0 Å². The van der Waals surface area contributed by atoms with Gasteiger partial charge in [0.15, 0.2) is 0 Å². The number of benzene rings is 1. The van der Waals surface area contributed by atoms with Crippen molar-refractivity contribution in [3.63, 3.8) is 0 Å². The lowest BCUT2D eigenvalue weighted by Crippen LogP contribution is -2.54. The molecule has 0 unspecified atom stereocenters. The van der Waals surface area contributed by atoms with Crippen molar-refractivity contribution in [3.8, 4) is 17.0 Å². The summed E-state index contributed by atoms with van der Waals surface area (Å²) in [6.07, 6.45) is -4.84. The van der Waals surface area contributed by atoms with Gasteiger partial charge in [0.2, 0.25) is 0 Å². The van der Waals surface area contributed by atoms with Crippen molar-refractivity contribution in [2.75, 3.05) is 25.6 Å². The molecular weight excluding hydrogens is 507 g/mol. The number of ether oxygens (including phenoxy) is 3. The lowest BCUT2D eigenvalue weighted by atomic mass is 9.99. The fourth-order valence-electron chi connectivity index (χ4n) is 4.13. The number of amides is 2. The molecule has 38 heavy (non-hydrogen) atoms. The van der Waals surface area contributed by atoms with E-state index in [1.807, 2.05) is 0 Å². The van der Waals surface area contributed by atoms with Crippen LogP contribution in [0.5, 0.6) is 5.75 Å². The third-order valence-electron chi connectivity index (χ3n) is 5.87. The van der Waals surface area contributed by atoms with Crippen molar-refractivity contribution in [1.82, 2.24) is 15.1 Å². The molecular formula is C25H32F3N5O5. The van der Waals surface area contributed by atoms with E-state index in [2.05, 4.69) is 15.5 Å². The number of hydrogen-bond donors (Lipinski definition) is 2. The number of primary amides is 1. The highest BCUT2D eigenvalue weighted by Gasteiger charge is 2.35. The number of carbonyl (C=O) groups is 2. The molecule has 1 aliphatic rings. The lowest BCUT2D eigenvalue weighted by Gasteiger charge is -2.40. The first-order valence-electron chi connectivity index (χ1n) is 12.0. The Morgan fingerprint density at radius 1 is 1.16 bits per heavy atom. The van der Waals surface area contributed by atoms with Gasteiger partial charge in [0.05, 0.1) is 24.4 Å². The summed E-state index contributed by atoms with van der Waals surface area (Å²) in [6, 6.07) is 4.30. The smallest absolute Gasteiger partial charge is 0.416 e. The zero-order valence-electron chi connectivity index (χ0n) is 21.9. The molecule has 2 heterocycles. The number of likely N-dealkylation sites (tertiary alicyclic amines) is 1. The summed E-state index contributed by atoms with van der Waals surface area (Å²) >= 11 is 0. The van der Waals surface area contributed by atoms with Crippen LogP contribution in [0.25, 0.3) is 11.3 Å². The molecule has 2 amide bonds. The molecule has 0 saturated carbocycles. The van der Waals surface area contributed by atoms with Gasteiger partial charge in [-0.25, -0.2) is 9.59 Å². The van der Waals surface area contributed by atoms with E-state index in [1.165, 1.54) is 18.1 Å². The third kappa shape index (κ3) is 7.39. The number of halogens is 3. The van der Waals surface area contributed by atoms with Gasteiger partial charge in [0, 0.05) is 18.2 Å². The predicted octanol–water partition coefficient (Wildman–Crippen LogP) is 4.75. The summed E-state index contributed by atoms with van der Waals surface area (Å²) in [6.45, 7) is 7.22.